The number of hydrogen-bond donors (Lipinski definition) is 6. The van der Waals surface area contributed by atoms with Crippen LogP contribution >= 0.6 is 0 Å². The molecular weight excluding hydrogens is 540 g/mol. The molecule has 0 bridgehead atoms. The predicted octanol–water partition coefficient (Wildman–Crippen LogP) is 2.41. The average molecular weight is 575 g/mol. The molecule has 3 aliphatic carbocycles. The van der Waals surface area contributed by atoms with Crippen molar-refractivity contribution < 1.29 is 28.8 Å². The molecule has 6 amide bonds. The van der Waals surface area contributed by atoms with Gasteiger partial charge < -0.3 is 10.6 Å². The van der Waals surface area contributed by atoms with Crippen molar-refractivity contribution in [3.05, 3.63) is 59.7 Å². The number of rotatable bonds is 8. The molecule has 42 heavy (non-hydrogen) atoms. The van der Waals surface area contributed by atoms with Gasteiger partial charge in [0.15, 0.2) is 0 Å². The molecule has 0 spiro atoms. The Bertz CT molecular complexity index is 1250. The molecule has 12 nitrogen and oxygen atoms in total. The highest BCUT2D eigenvalue weighted by molar-refractivity contribution is 5.98. The van der Waals surface area contributed by atoms with E-state index in [9.17, 15) is 28.8 Å². The number of anilines is 2. The number of nitrogens with one attached hydrogen (secondary N) is 6. The molecule has 12 heteroatoms. The number of hydrogen-bond acceptors (Lipinski definition) is 6. The second-order valence-electron chi connectivity index (χ2n) is 11.1. The second-order valence-corrected chi connectivity index (χ2v) is 11.1. The fourth-order valence-electron chi connectivity index (χ4n) is 4.79. The number of amides is 6. The topological polar surface area (TPSA) is 175 Å². The molecule has 2 aromatic carbocycles. The van der Waals surface area contributed by atoms with Crippen LogP contribution in [0.2, 0.25) is 0 Å². The maximum atomic E-state index is 12.6. The molecule has 0 unspecified atom stereocenters. The Kier molecular flexibility index (Phi) is 8.80. The molecule has 2 aromatic rings. The van der Waals surface area contributed by atoms with Crippen LogP contribution < -0.4 is 32.3 Å². The number of benzene rings is 2. The minimum atomic E-state index is -0.482. The first-order valence-electron chi connectivity index (χ1n) is 14.3. The minimum Gasteiger partial charge on any atom is -0.326 e. The summed E-state index contributed by atoms with van der Waals surface area (Å²) in [6.07, 6.45) is 5.43. The Balaban J connectivity index is 0.986. The molecule has 0 aliphatic heterocycles. The van der Waals surface area contributed by atoms with Gasteiger partial charge in [-0.15, -0.1) is 0 Å². The van der Waals surface area contributed by atoms with E-state index >= 15 is 0 Å². The van der Waals surface area contributed by atoms with Gasteiger partial charge in [0.25, 0.3) is 11.8 Å². The Morgan fingerprint density at radius 2 is 0.690 bits per heavy atom. The summed E-state index contributed by atoms with van der Waals surface area (Å²) in [7, 11) is 0. The van der Waals surface area contributed by atoms with E-state index in [4.69, 9.17) is 0 Å². The molecule has 3 saturated carbocycles. The van der Waals surface area contributed by atoms with E-state index in [0.717, 1.165) is 25.7 Å². The third-order valence-electron chi connectivity index (χ3n) is 7.79. The van der Waals surface area contributed by atoms with Crippen LogP contribution in [0, 0.1) is 23.7 Å². The maximum Gasteiger partial charge on any atom is 0.269 e. The predicted molar refractivity (Wildman–Crippen MR) is 152 cm³/mol. The van der Waals surface area contributed by atoms with Crippen LogP contribution in [-0.2, 0) is 19.2 Å². The van der Waals surface area contributed by atoms with E-state index in [1.807, 2.05) is 0 Å². The molecule has 220 valence electrons. The summed E-state index contributed by atoms with van der Waals surface area (Å²) in [4.78, 5) is 73.7. The van der Waals surface area contributed by atoms with Gasteiger partial charge in [0.05, 0.1) is 0 Å². The normalized spacial score (nSPS) is 19.5. The molecule has 5 rings (SSSR count). The van der Waals surface area contributed by atoms with Crippen molar-refractivity contribution in [2.75, 3.05) is 10.6 Å². The zero-order valence-corrected chi connectivity index (χ0v) is 23.0. The lowest BCUT2D eigenvalue weighted by molar-refractivity contribution is -0.131. The Morgan fingerprint density at radius 3 is 1.00 bits per heavy atom. The first-order valence-corrected chi connectivity index (χ1v) is 14.3. The second kappa shape index (κ2) is 12.8. The molecule has 6 N–H and O–H groups in total. The smallest absolute Gasteiger partial charge is 0.269 e. The van der Waals surface area contributed by atoms with Crippen LogP contribution in [-0.4, -0.2) is 35.4 Å². The van der Waals surface area contributed by atoms with E-state index in [-0.39, 0.29) is 47.3 Å². The zero-order valence-electron chi connectivity index (χ0n) is 23.0. The Hall–Kier alpha value is -4.74. The van der Waals surface area contributed by atoms with Crippen LogP contribution in [0.15, 0.2) is 48.5 Å². The van der Waals surface area contributed by atoms with Crippen LogP contribution in [0.3, 0.4) is 0 Å². The summed E-state index contributed by atoms with van der Waals surface area (Å²) in [5.74, 6) is -2.22. The fourth-order valence-corrected chi connectivity index (χ4v) is 4.79. The summed E-state index contributed by atoms with van der Waals surface area (Å²) in [5.41, 5.74) is 11.6. The van der Waals surface area contributed by atoms with Crippen molar-refractivity contribution >= 4 is 46.8 Å². The monoisotopic (exact) mass is 574 g/mol. The maximum absolute atomic E-state index is 12.6. The molecule has 3 fully saturated rings. The molecule has 0 atom stereocenters. The number of carbonyl (C=O) groups is 6. The number of hydrazine groups is 2. The van der Waals surface area contributed by atoms with Crippen LogP contribution in [0.1, 0.15) is 72.1 Å². The van der Waals surface area contributed by atoms with Crippen LogP contribution in [0.25, 0.3) is 0 Å². The quantitative estimate of drug-likeness (QED) is 0.264. The van der Waals surface area contributed by atoms with Crippen molar-refractivity contribution in [1.82, 2.24) is 21.7 Å². The van der Waals surface area contributed by atoms with Crippen molar-refractivity contribution in [2.24, 2.45) is 23.7 Å². The molecule has 0 radical (unpaired) electrons. The lowest BCUT2D eigenvalue weighted by Crippen LogP contribution is -2.47. The third-order valence-corrected chi connectivity index (χ3v) is 7.79. The van der Waals surface area contributed by atoms with Gasteiger partial charge in [-0.05, 0) is 99.9 Å². The van der Waals surface area contributed by atoms with E-state index in [2.05, 4.69) is 32.3 Å². The number of carbonyl (C=O) groups excluding carboxylic acids is 6. The van der Waals surface area contributed by atoms with Crippen molar-refractivity contribution in [1.29, 1.82) is 0 Å². The minimum absolute atomic E-state index is 0.0189. The summed E-state index contributed by atoms with van der Waals surface area (Å²) in [6.45, 7) is 0. The lowest BCUT2D eigenvalue weighted by Gasteiger charge is -2.27. The van der Waals surface area contributed by atoms with E-state index < -0.39 is 11.8 Å². The van der Waals surface area contributed by atoms with Gasteiger partial charge in [-0.3, -0.25) is 50.5 Å². The lowest BCUT2D eigenvalue weighted by atomic mass is 9.81. The summed E-state index contributed by atoms with van der Waals surface area (Å²) < 4.78 is 0. The summed E-state index contributed by atoms with van der Waals surface area (Å²) in [5, 5.41) is 5.61. The van der Waals surface area contributed by atoms with Gasteiger partial charge >= 0.3 is 0 Å². The van der Waals surface area contributed by atoms with Gasteiger partial charge in [0.1, 0.15) is 0 Å². The highest BCUT2D eigenvalue weighted by Gasteiger charge is 2.31. The van der Waals surface area contributed by atoms with Gasteiger partial charge in [-0.2, -0.15) is 0 Å². The van der Waals surface area contributed by atoms with Crippen LogP contribution in [0.4, 0.5) is 11.4 Å². The molecule has 0 saturated heterocycles. The molecule has 0 aromatic heterocycles. The SMILES string of the molecule is O=C(NNC(=O)C1CCC(C(=O)NNC(=O)c2ccc(NC(=O)C3CC3)cc2)CC1)c1ccc(NC(=O)C2CC2)cc1. The summed E-state index contributed by atoms with van der Waals surface area (Å²) in [6, 6.07) is 12.8. The average Bonchev–Trinajstić information content (AvgIpc) is 3.92. The van der Waals surface area contributed by atoms with Gasteiger partial charge in [-0.1, -0.05) is 0 Å². The van der Waals surface area contributed by atoms with Gasteiger partial charge in [-0.25, -0.2) is 0 Å². The highest BCUT2D eigenvalue weighted by Crippen LogP contribution is 2.31. The summed E-state index contributed by atoms with van der Waals surface area (Å²) >= 11 is 0. The molecular formula is C30H34N6O6. The fraction of sp³-hybridized carbons (Fsp3) is 0.400. The Morgan fingerprint density at radius 1 is 0.405 bits per heavy atom. The van der Waals surface area contributed by atoms with Gasteiger partial charge in [0.2, 0.25) is 23.6 Å². The van der Waals surface area contributed by atoms with Crippen LogP contribution in [0.5, 0.6) is 0 Å². The molecule has 3 aliphatic rings. The first kappa shape index (κ1) is 28.8. The third kappa shape index (κ3) is 7.71. The molecule has 0 heterocycles. The van der Waals surface area contributed by atoms with Crippen molar-refractivity contribution in [2.45, 2.75) is 51.4 Å². The van der Waals surface area contributed by atoms with E-state index in [1.54, 1.807) is 48.5 Å². The zero-order chi connectivity index (χ0) is 29.6. The van der Waals surface area contributed by atoms with Gasteiger partial charge in [0, 0.05) is 46.2 Å². The Labute approximate surface area is 242 Å². The van der Waals surface area contributed by atoms with E-state index in [0.29, 0.717) is 48.2 Å². The largest absolute Gasteiger partial charge is 0.326 e. The van der Waals surface area contributed by atoms with E-state index in [1.165, 1.54) is 0 Å². The first-order chi connectivity index (χ1) is 20.3. The van der Waals surface area contributed by atoms with Crippen molar-refractivity contribution in [3.63, 3.8) is 0 Å². The van der Waals surface area contributed by atoms with Crippen molar-refractivity contribution in [3.8, 4) is 0 Å². The standard InChI is InChI=1S/C30H34N6O6/c37-25(17-1-2-17)31-23-13-9-21(10-14-23)29(41)35-33-27(39)19-5-7-20(8-6-19)28(40)34-36-30(42)22-11-15-24(16-12-22)32-26(38)18-3-4-18/h9-20H,1-8H2,(H,31,37)(H,32,38)(H,33,39)(H,34,40)(H,35,41)(H,36,42). The highest BCUT2D eigenvalue weighted by atomic mass is 16.2.